The van der Waals surface area contributed by atoms with E-state index >= 15 is 0 Å². The number of hydrogen-bond donors (Lipinski definition) is 1. The molecule has 1 atom stereocenters. The first kappa shape index (κ1) is 18.8. The maximum atomic E-state index is 12.7. The molecule has 8 nitrogen and oxygen atoms in total. The van der Waals surface area contributed by atoms with Gasteiger partial charge in [0.15, 0.2) is 11.5 Å². The predicted octanol–water partition coefficient (Wildman–Crippen LogP) is 2.93. The predicted molar refractivity (Wildman–Crippen MR) is 99.9 cm³/mol. The monoisotopic (exact) mass is 372 g/mol. The fourth-order valence-corrected chi connectivity index (χ4v) is 3.11. The maximum Gasteiger partial charge on any atom is 0.338 e. The molecule has 1 aliphatic heterocycles. The highest BCUT2D eigenvalue weighted by atomic mass is 16.5. The molecule has 1 aromatic carbocycles. The Hall–Kier alpha value is -3.03. The molecule has 3 rings (SSSR count). The van der Waals surface area contributed by atoms with E-state index in [9.17, 15) is 4.79 Å². The highest BCUT2D eigenvalue weighted by molar-refractivity contribution is 5.92. The summed E-state index contributed by atoms with van der Waals surface area (Å²) in [6.45, 7) is 8.77. The minimum atomic E-state index is -0.474. The molecule has 144 valence electrons. The number of aromatic nitrogens is 3. The third-order valence-corrected chi connectivity index (χ3v) is 4.17. The van der Waals surface area contributed by atoms with Gasteiger partial charge < -0.3 is 19.5 Å². The Kier molecular flexibility index (Phi) is 5.63. The number of nitrogens with one attached hydrogen (secondary N) is 1. The van der Waals surface area contributed by atoms with E-state index in [1.165, 1.54) is 6.33 Å². The van der Waals surface area contributed by atoms with Crippen molar-refractivity contribution >= 4 is 11.9 Å². The Balaban J connectivity index is 2.11. The number of ether oxygens (including phenoxy) is 3. The van der Waals surface area contributed by atoms with Gasteiger partial charge in [0, 0.05) is 5.70 Å². The first-order chi connectivity index (χ1) is 13.1. The van der Waals surface area contributed by atoms with Crippen molar-refractivity contribution in [1.29, 1.82) is 0 Å². The van der Waals surface area contributed by atoms with Crippen LogP contribution >= 0.6 is 0 Å². The average molecular weight is 372 g/mol. The van der Waals surface area contributed by atoms with E-state index in [0.29, 0.717) is 48.5 Å². The summed E-state index contributed by atoms with van der Waals surface area (Å²) in [6.07, 6.45) is 1.45. The normalized spacial score (nSPS) is 15.8. The molecule has 0 amide bonds. The number of hydrogen-bond acceptors (Lipinski definition) is 7. The molecule has 0 saturated carbocycles. The van der Waals surface area contributed by atoms with Gasteiger partial charge in [0.2, 0.25) is 5.95 Å². The zero-order chi connectivity index (χ0) is 19.4. The van der Waals surface area contributed by atoms with Crippen molar-refractivity contribution in [3.8, 4) is 11.5 Å². The van der Waals surface area contributed by atoms with E-state index < -0.39 is 6.04 Å². The highest BCUT2D eigenvalue weighted by Crippen LogP contribution is 2.38. The van der Waals surface area contributed by atoms with Gasteiger partial charge in [-0.05, 0) is 45.4 Å². The number of rotatable bonds is 7. The molecular formula is C19H24N4O4. The van der Waals surface area contributed by atoms with E-state index in [4.69, 9.17) is 14.2 Å². The molecule has 8 heteroatoms. The van der Waals surface area contributed by atoms with Crippen LogP contribution in [0.25, 0.3) is 0 Å². The van der Waals surface area contributed by atoms with Crippen LogP contribution in [0.5, 0.6) is 11.5 Å². The van der Waals surface area contributed by atoms with E-state index in [0.717, 1.165) is 5.56 Å². The molecule has 1 unspecified atom stereocenters. The molecular weight excluding hydrogens is 348 g/mol. The van der Waals surface area contributed by atoms with Gasteiger partial charge in [0.25, 0.3) is 0 Å². The Morgan fingerprint density at radius 1 is 1.15 bits per heavy atom. The van der Waals surface area contributed by atoms with Gasteiger partial charge in [-0.25, -0.2) is 9.48 Å². The van der Waals surface area contributed by atoms with Crippen LogP contribution in [0, 0.1) is 0 Å². The molecule has 1 N–H and O–H groups in total. The minimum absolute atomic E-state index is 0.292. The first-order valence-corrected chi connectivity index (χ1v) is 9.04. The molecule has 0 spiro atoms. The summed E-state index contributed by atoms with van der Waals surface area (Å²) in [5, 5.41) is 7.42. The molecule has 2 heterocycles. The third-order valence-electron chi connectivity index (χ3n) is 4.17. The van der Waals surface area contributed by atoms with Crippen LogP contribution in [0.15, 0.2) is 35.8 Å². The highest BCUT2D eigenvalue weighted by Gasteiger charge is 2.34. The van der Waals surface area contributed by atoms with Gasteiger partial charge in [-0.3, -0.25) is 0 Å². The lowest BCUT2D eigenvalue weighted by atomic mass is 9.95. The quantitative estimate of drug-likeness (QED) is 0.748. The Labute approximate surface area is 158 Å². The van der Waals surface area contributed by atoms with E-state index in [1.807, 2.05) is 39.0 Å². The van der Waals surface area contributed by atoms with Crippen molar-refractivity contribution in [3.63, 3.8) is 0 Å². The number of anilines is 1. The van der Waals surface area contributed by atoms with Crippen molar-refractivity contribution < 1.29 is 19.0 Å². The summed E-state index contributed by atoms with van der Waals surface area (Å²) in [7, 11) is 0. The summed E-state index contributed by atoms with van der Waals surface area (Å²) in [4.78, 5) is 16.9. The molecule has 0 saturated heterocycles. The van der Waals surface area contributed by atoms with Crippen LogP contribution < -0.4 is 14.8 Å². The zero-order valence-electron chi connectivity index (χ0n) is 16.0. The van der Waals surface area contributed by atoms with Crippen molar-refractivity contribution in [2.75, 3.05) is 25.1 Å². The molecule has 0 fully saturated rings. The van der Waals surface area contributed by atoms with Crippen LogP contribution in [-0.2, 0) is 9.53 Å². The minimum Gasteiger partial charge on any atom is -0.490 e. The Bertz CT molecular complexity index is 859. The van der Waals surface area contributed by atoms with Crippen LogP contribution in [0.3, 0.4) is 0 Å². The largest absolute Gasteiger partial charge is 0.490 e. The fourth-order valence-electron chi connectivity index (χ4n) is 3.11. The fraction of sp³-hybridized carbons (Fsp3) is 0.421. The molecule has 2 aromatic rings. The topological polar surface area (TPSA) is 87.5 Å². The van der Waals surface area contributed by atoms with Gasteiger partial charge in [0.1, 0.15) is 12.4 Å². The van der Waals surface area contributed by atoms with Gasteiger partial charge in [-0.1, -0.05) is 6.07 Å². The molecule has 0 bridgehead atoms. The van der Waals surface area contributed by atoms with Gasteiger partial charge in [-0.2, -0.15) is 10.1 Å². The van der Waals surface area contributed by atoms with E-state index in [1.54, 1.807) is 11.6 Å². The number of carbonyl (C=O) groups is 1. The molecule has 1 aliphatic rings. The number of fused-ring (bicyclic) bond motifs is 1. The second-order valence-corrected chi connectivity index (χ2v) is 5.89. The first-order valence-electron chi connectivity index (χ1n) is 9.04. The Morgan fingerprint density at radius 3 is 2.59 bits per heavy atom. The van der Waals surface area contributed by atoms with Crippen LogP contribution in [0.4, 0.5) is 5.95 Å². The Morgan fingerprint density at radius 2 is 1.89 bits per heavy atom. The van der Waals surface area contributed by atoms with Crippen molar-refractivity contribution in [1.82, 2.24) is 14.8 Å². The summed E-state index contributed by atoms with van der Waals surface area (Å²) >= 11 is 0. The van der Waals surface area contributed by atoms with Crippen LogP contribution in [0.1, 0.15) is 39.3 Å². The van der Waals surface area contributed by atoms with E-state index in [-0.39, 0.29) is 5.97 Å². The van der Waals surface area contributed by atoms with Crippen molar-refractivity contribution in [2.24, 2.45) is 0 Å². The smallest absolute Gasteiger partial charge is 0.338 e. The number of allylic oxidation sites excluding steroid dienone is 1. The van der Waals surface area contributed by atoms with Gasteiger partial charge in [-0.15, -0.1) is 0 Å². The molecule has 1 aromatic heterocycles. The lowest BCUT2D eigenvalue weighted by Gasteiger charge is -2.28. The summed E-state index contributed by atoms with van der Waals surface area (Å²) in [5.41, 5.74) is 2.00. The summed E-state index contributed by atoms with van der Waals surface area (Å²) < 4.78 is 18.3. The summed E-state index contributed by atoms with van der Waals surface area (Å²) in [6, 6.07) is 5.16. The lowest BCUT2D eigenvalue weighted by molar-refractivity contribution is -0.139. The van der Waals surface area contributed by atoms with Crippen molar-refractivity contribution in [2.45, 2.75) is 33.7 Å². The second kappa shape index (κ2) is 8.11. The maximum absolute atomic E-state index is 12.7. The second-order valence-electron chi connectivity index (χ2n) is 5.89. The standard InChI is InChI=1S/C19H24N4O4/c1-5-25-14-9-8-13(10-15(14)26-6-2)17-16(18(24)27-7-3)12(4)22-19-20-11-21-23(17)19/h8-11,17H,5-7H2,1-4H3,(H,20,21,22). The number of nitrogens with zero attached hydrogens (tertiary/aromatic N) is 3. The zero-order valence-corrected chi connectivity index (χ0v) is 16.0. The van der Waals surface area contributed by atoms with Crippen molar-refractivity contribution in [3.05, 3.63) is 41.4 Å². The lowest BCUT2D eigenvalue weighted by Crippen LogP contribution is -2.29. The van der Waals surface area contributed by atoms with E-state index in [2.05, 4.69) is 15.4 Å². The SMILES string of the molecule is CCOC(=O)C1=C(C)Nc2ncnn2C1c1ccc(OCC)c(OCC)c1. The van der Waals surface area contributed by atoms with Gasteiger partial charge in [0.05, 0.1) is 25.4 Å². The van der Waals surface area contributed by atoms with Gasteiger partial charge >= 0.3 is 5.97 Å². The molecule has 27 heavy (non-hydrogen) atoms. The third kappa shape index (κ3) is 3.60. The number of esters is 1. The molecule has 0 radical (unpaired) electrons. The number of carbonyl (C=O) groups excluding carboxylic acids is 1. The summed E-state index contributed by atoms with van der Waals surface area (Å²) in [5.74, 6) is 1.46. The van der Waals surface area contributed by atoms with Crippen LogP contribution in [0.2, 0.25) is 0 Å². The number of benzene rings is 1. The van der Waals surface area contributed by atoms with Crippen LogP contribution in [-0.4, -0.2) is 40.6 Å². The molecule has 0 aliphatic carbocycles. The average Bonchev–Trinajstić information content (AvgIpc) is 3.10.